The van der Waals surface area contributed by atoms with Crippen molar-refractivity contribution in [1.29, 1.82) is 0 Å². The van der Waals surface area contributed by atoms with Gasteiger partial charge in [-0.05, 0) is 55.3 Å². The van der Waals surface area contributed by atoms with Gasteiger partial charge in [0.1, 0.15) is 11.6 Å². The van der Waals surface area contributed by atoms with Gasteiger partial charge in [0.05, 0.1) is 12.1 Å². The molecule has 20 heavy (non-hydrogen) atoms. The molecular weight excluding hydrogens is 257 g/mol. The fourth-order valence-electron chi connectivity index (χ4n) is 2.18. The molecule has 2 aromatic rings. The van der Waals surface area contributed by atoms with Gasteiger partial charge in [0, 0.05) is 5.69 Å². The Bertz CT molecular complexity index is 595. The summed E-state index contributed by atoms with van der Waals surface area (Å²) in [5, 5.41) is 22.4. The van der Waals surface area contributed by atoms with E-state index < -0.39 is 5.54 Å². The standard InChI is InChI=1S/C16H18FNO2/c1-11-6-13(17)9-14(7-11)18-16(2,10-19)12-4-3-5-15(20)8-12/h3-9,18-20H,10H2,1-2H3. The normalized spacial score (nSPS) is 13.8. The summed E-state index contributed by atoms with van der Waals surface area (Å²) in [5.74, 6) is -0.205. The van der Waals surface area contributed by atoms with E-state index in [-0.39, 0.29) is 18.2 Å². The quantitative estimate of drug-likeness (QED) is 0.803. The van der Waals surface area contributed by atoms with Crippen molar-refractivity contribution < 1.29 is 14.6 Å². The highest BCUT2D eigenvalue weighted by Gasteiger charge is 2.26. The average molecular weight is 275 g/mol. The van der Waals surface area contributed by atoms with E-state index in [4.69, 9.17) is 0 Å². The number of benzene rings is 2. The summed E-state index contributed by atoms with van der Waals surface area (Å²) in [4.78, 5) is 0. The lowest BCUT2D eigenvalue weighted by molar-refractivity contribution is 0.223. The molecule has 0 radical (unpaired) electrons. The molecule has 0 saturated carbocycles. The highest BCUT2D eigenvalue weighted by Crippen LogP contribution is 2.28. The minimum absolute atomic E-state index is 0.124. The van der Waals surface area contributed by atoms with Crippen LogP contribution in [0.15, 0.2) is 42.5 Å². The molecule has 2 rings (SSSR count). The first-order chi connectivity index (χ1) is 9.43. The molecule has 4 heteroatoms. The van der Waals surface area contributed by atoms with Crippen LogP contribution in [-0.4, -0.2) is 16.8 Å². The van der Waals surface area contributed by atoms with Crippen LogP contribution in [0.3, 0.4) is 0 Å². The molecule has 0 aliphatic rings. The number of aliphatic hydroxyl groups excluding tert-OH is 1. The van der Waals surface area contributed by atoms with Crippen molar-refractivity contribution in [2.75, 3.05) is 11.9 Å². The van der Waals surface area contributed by atoms with Gasteiger partial charge in [-0.25, -0.2) is 4.39 Å². The Morgan fingerprint density at radius 3 is 2.55 bits per heavy atom. The second kappa shape index (κ2) is 5.51. The second-order valence-corrected chi connectivity index (χ2v) is 5.18. The summed E-state index contributed by atoms with van der Waals surface area (Å²) < 4.78 is 13.4. The second-order valence-electron chi connectivity index (χ2n) is 5.18. The first-order valence-electron chi connectivity index (χ1n) is 6.39. The summed E-state index contributed by atoms with van der Waals surface area (Å²) in [7, 11) is 0. The largest absolute Gasteiger partial charge is 0.508 e. The maximum absolute atomic E-state index is 13.4. The molecule has 1 unspecified atom stereocenters. The van der Waals surface area contributed by atoms with Gasteiger partial charge in [-0.1, -0.05) is 12.1 Å². The SMILES string of the molecule is Cc1cc(F)cc(NC(C)(CO)c2cccc(O)c2)c1. The van der Waals surface area contributed by atoms with E-state index in [1.54, 1.807) is 44.2 Å². The monoisotopic (exact) mass is 275 g/mol. The van der Waals surface area contributed by atoms with Crippen LogP contribution in [0.25, 0.3) is 0 Å². The van der Waals surface area contributed by atoms with Gasteiger partial charge >= 0.3 is 0 Å². The minimum atomic E-state index is -0.807. The average Bonchev–Trinajstić information content (AvgIpc) is 2.37. The Morgan fingerprint density at radius 2 is 1.95 bits per heavy atom. The van der Waals surface area contributed by atoms with Crippen molar-refractivity contribution in [2.24, 2.45) is 0 Å². The number of aromatic hydroxyl groups is 1. The van der Waals surface area contributed by atoms with E-state index >= 15 is 0 Å². The summed E-state index contributed by atoms with van der Waals surface area (Å²) in [6.07, 6.45) is 0. The van der Waals surface area contributed by atoms with E-state index in [1.807, 2.05) is 0 Å². The Kier molecular flexibility index (Phi) is 3.95. The van der Waals surface area contributed by atoms with Gasteiger partial charge in [-0.15, -0.1) is 0 Å². The highest BCUT2D eigenvalue weighted by atomic mass is 19.1. The number of aliphatic hydroxyl groups is 1. The van der Waals surface area contributed by atoms with Gasteiger partial charge < -0.3 is 15.5 Å². The summed E-state index contributed by atoms with van der Waals surface area (Å²) in [5.41, 5.74) is 1.30. The van der Waals surface area contributed by atoms with Crippen LogP contribution >= 0.6 is 0 Å². The van der Waals surface area contributed by atoms with Crippen LogP contribution in [0.4, 0.5) is 10.1 Å². The number of rotatable bonds is 4. The van der Waals surface area contributed by atoms with Gasteiger partial charge in [0.2, 0.25) is 0 Å². The zero-order valence-electron chi connectivity index (χ0n) is 11.5. The molecule has 0 aromatic heterocycles. The number of hydrogen-bond donors (Lipinski definition) is 3. The van der Waals surface area contributed by atoms with Crippen molar-refractivity contribution in [2.45, 2.75) is 19.4 Å². The number of aryl methyl sites for hydroxylation is 1. The van der Waals surface area contributed by atoms with Gasteiger partial charge in [-0.2, -0.15) is 0 Å². The number of halogens is 1. The summed E-state index contributed by atoms with van der Waals surface area (Å²) >= 11 is 0. The lowest BCUT2D eigenvalue weighted by Crippen LogP contribution is -2.35. The third-order valence-electron chi connectivity index (χ3n) is 3.26. The molecular formula is C16H18FNO2. The zero-order chi connectivity index (χ0) is 14.8. The lowest BCUT2D eigenvalue weighted by atomic mass is 9.92. The minimum Gasteiger partial charge on any atom is -0.508 e. The van der Waals surface area contributed by atoms with Crippen LogP contribution in [0, 0.1) is 12.7 Å². The van der Waals surface area contributed by atoms with Crippen molar-refractivity contribution >= 4 is 5.69 Å². The first-order valence-corrected chi connectivity index (χ1v) is 6.39. The molecule has 2 aromatic carbocycles. The number of anilines is 1. The molecule has 0 spiro atoms. The van der Waals surface area contributed by atoms with E-state index in [0.717, 1.165) is 11.1 Å². The third-order valence-corrected chi connectivity index (χ3v) is 3.26. The Balaban J connectivity index is 2.36. The van der Waals surface area contributed by atoms with Gasteiger partial charge in [-0.3, -0.25) is 0 Å². The molecule has 0 aliphatic heterocycles. The molecule has 0 aliphatic carbocycles. The summed E-state index contributed by atoms with van der Waals surface area (Å²) in [6.45, 7) is 3.41. The Morgan fingerprint density at radius 1 is 1.20 bits per heavy atom. The number of nitrogens with one attached hydrogen (secondary N) is 1. The van der Waals surface area contributed by atoms with Crippen LogP contribution in [0.2, 0.25) is 0 Å². The van der Waals surface area contributed by atoms with E-state index in [9.17, 15) is 14.6 Å². The predicted octanol–water partition coefficient (Wildman–Crippen LogP) is 3.16. The molecule has 3 N–H and O–H groups in total. The van der Waals surface area contributed by atoms with Crippen LogP contribution in [-0.2, 0) is 5.54 Å². The number of phenolic OH excluding ortho intramolecular Hbond substituents is 1. The topological polar surface area (TPSA) is 52.5 Å². The van der Waals surface area contributed by atoms with E-state index in [2.05, 4.69) is 5.32 Å². The highest BCUT2D eigenvalue weighted by molar-refractivity contribution is 5.50. The Labute approximate surface area is 117 Å². The van der Waals surface area contributed by atoms with Crippen molar-refractivity contribution in [3.8, 4) is 5.75 Å². The van der Waals surface area contributed by atoms with Gasteiger partial charge in [0.15, 0.2) is 0 Å². The Hall–Kier alpha value is -2.07. The van der Waals surface area contributed by atoms with Crippen LogP contribution < -0.4 is 5.32 Å². The molecule has 3 nitrogen and oxygen atoms in total. The number of hydrogen-bond acceptors (Lipinski definition) is 3. The van der Waals surface area contributed by atoms with Crippen molar-refractivity contribution in [1.82, 2.24) is 0 Å². The predicted molar refractivity (Wildman–Crippen MR) is 77.3 cm³/mol. The summed E-state index contributed by atoms with van der Waals surface area (Å²) in [6, 6.07) is 11.3. The molecule has 0 saturated heterocycles. The molecule has 0 bridgehead atoms. The zero-order valence-corrected chi connectivity index (χ0v) is 11.5. The maximum atomic E-state index is 13.4. The van der Waals surface area contributed by atoms with Crippen molar-refractivity contribution in [3.05, 3.63) is 59.4 Å². The smallest absolute Gasteiger partial charge is 0.125 e. The fraction of sp³-hybridized carbons (Fsp3) is 0.250. The lowest BCUT2D eigenvalue weighted by Gasteiger charge is -2.31. The van der Waals surface area contributed by atoms with Crippen LogP contribution in [0.5, 0.6) is 5.75 Å². The van der Waals surface area contributed by atoms with E-state index in [1.165, 1.54) is 12.1 Å². The van der Waals surface area contributed by atoms with Gasteiger partial charge in [0.25, 0.3) is 0 Å². The fourth-order valence-corrected chi connectivity index (χ4v) is 2.18. The molecule has 1 atom stereocenters. The maximum Gasteiger partial charge on any atom is 0.125 e. The number of phenols is 1. The third kappa shape index (κ3) is 3.08. The molecule has 0 fully saturated rings. The van der Waals surface area contributed by atoms with Crippen molar-refractivity contribution in [3.63, 3.8) is 0 Å². The molecule has 0 amide bonds. The van der Waals surface area contributed by atoms with Crippen LogP contribution in [0.1, 0.15) is 18.1 Å². The molecule has 0 heterocycles. The molecule has 106 valence electrons. The van der Waals surface area contributed by atoms with E-state index in [0.29, 0.717) is 5.69 Å². The first kappa shape index (κ1) is 14.3.